The van der Waals surface area contributed by atoms with Gasteiger partial charge in [-0.05, 0) is 48.5 Å². The van der Waals surface area contributed by atoms with E-state index in [0.29, 0.717) is 30.3 Å². The number of carbonyl (C=O) groups excluding carboxylic acids is 1. The van der Waals surface area contributed by atoms with Crippen LogP contribution < -0.4 is 14.2 Å². The SMILES string of the molecule is O=C(Oc1ccc(Br)cc1)c1ccccc1OCCOc1ccccc1. The number of carbonyl (C=O) groups is 1. The first-order valence-corrected chi connectivity index (χ1v) is 8.89. The molecule has 132 valence electrons. The summed E-state index contributed by atoms with van der Waals surface area (Å²) >= 11 is 3.35. The largest absolute Gasteiger partial charge is 0.490 e. The maximum Gasteiger partial charge on any atom is 0.347 e. The Morgan fingerprint density at radius 2 is 1.38 bits per heavy atom. The molecule has 0 aromatic heterocycles. The molecule has 3 aromatic rings. The molecule has 0 aliphatic rings. The van der Waals surface area contributed by atoms with Gasteiger partial charge in [0.05, 0.1) is 0 Å². The van der Waals surface area contributed by atoms with E-state index >= 15 is 0 Å². The van der Waals surface area contributed by atoms with Crippen LogP contribution in [0.5, 0.6) is 17.2 Å². The monoisotopic (exact) mass is 412 g/mol. The summed E-state index contributed by atoms with van der Waals surface area (Å²) in [5.74, 6) is 1.25. The first-order chi connectivity index (χ1) is 12.7. The second-order valence-electron chi connectivity index (χ2n) is 5.35. The van der Waals surface area contributed by atoms with Gasteiger partial charge in [0.2, 0.25) is 0 Å². The zero-order valence-electron chi connectivity index (χ0n) is 13.9. The molecule has 3 rings (SSSR count). The van der Waals surface area contributed by atoms with Crippen LogP contribution in [-0.2, 0) is 0 Å². The van der Waals surface area contributed by atoms with Crippen molar-refractivity contribution in [3.63, 3.8) is 0 Å². The molecule has 0 saturated heterocycles. The van der Waals surface area contributed by atoms with Crippen molar-refractivity contribution < 1.29 is 19.0 Å². The van der Waals surface area contributed by atoms with Crippen molar-refractivity contribution in [2.75, 3.05) is 13.2 Å². The molecule has 3 aromatic carbocycles. The Morgan fingerprint density at radius 3 is 2.15 bits per heavy atom. The summed E-state index contributed by atoms with van der Waals surface area (Å²) in [5, 5.41) is 0. The van der Waals surface area contributed by atoms with Crippen molar-refractivity contribution in [1.82, 2.24) is 0 Å². The number of rotatable bonds is 7. The van der Waals surface area contributed by atoms with Crippen LogP contribution in [0.2, 0.25) is 0 Å². The molecular weight excluding hydrogens is 396 g/mol. The summed E-state index contributed by atoms with van der Waals surface area (Å²) < 4.78 is 17.6. The summed E-state index contributed by atoms with van der Waals surface area (Å²) in [7, 11) is 0. The normalized spacial score (nSPS) is 10.2. The molecule has 0 fully saturated rings. The molecule has 0 radical (unpaired) electrons. The number of esters is 1. The van der Waals surface area contributed by atoms with Crippen molar-refractivity contribution in [3.8, 4) is 17.2 Å². The zero-order valence-corrected chi connectivity index (χ0v) is 15.5. The van der Waals surface area contributed by atoms with Crippen molar-refractivity contribution in [2.24, 2.45) is 0 Å². The lowest BCUT2D eigenvalue weighted by molar-refractivity contribution is 0.0729. The number of hydrogen-bond donors (Lipinski definition) is 0. The lowest BCUT2D eigenvalue weighted by Crippen LogP contribution is -2.14. The average molecular weight is 413 g/mol. The predicted octanol–water partition coefficient (Wildman–Crippen LogP) is 5.13. The van der Waals surface area contributed by atoms with E-state index in [1.807, 2.05) is 48.5 Å². The number of para-hydroxylation sites is 2. The van der Waals surface area contributed by atoms with Gasteiger partial charge in [0, 0.05) is 4.47 Å². The zero-order chi connectivity index (χ0) is 18.2. The molecule has 0 aliphatic carbocycles. The van der Waals surface area contributed by atoms with E-state index in [2.05, 4.69) is 15.9 Å². The molecule has 26 heavy (non-hydrogen) atoms. The second-order valence-corrected chi connectivity index (χ2v) is 6.27. The molecule has 0 spiro atoms. The van der Waals surface area contributed by atoms with Gasteiger partial charge in [0.15, 0.2) is 0 Å². The molecule has 5 heteroatoms. The predicted molar refractivity (Wildman–Crippen MR) is 103 cm³/mol. The van der Waals surface area contributed by atoms with Crippen LogP contribution in [0, 0.1) is 0 Å². The van der Waals surface area contributed by atoms with Crippen LogP contribution in [0.25, 0.3) is 0 Å². The van der Waals surface area contributed by atoms with Gasteiger partial charge in [-0.1, -0.05) is 46.3 Å². The third kappa shape index (κ3) is 5.10. The maximum atomic E-state index is 12.4. The Hall–Kier alpha value is -2.79. The summed E-state index contributed by atoms with van der Waals surface area (Å²) in [6.07, 6.45) is 0. The van der Waals surface area contributed by atoms with Gasteiger partial charge in [-0.25, -0.2) is 4.79 Å². The van der Waals surface area contributed by atoms with Gasteiger partial charge in [-0.2, -0.15) is 0 Å². The molecule has 0 bridgehead atoms. The fourth-order valence-corrected chi connectivity index (χ4v) is 2.52. The topological polar surface area (TPSA) is 44.8 Å². The maximum absolute atomic E-state index is 12.4. The summed E-state index contributed by atoms with van der Waals surface area (Å²) in [4.78, 5) is 12.4. The Balaban J connectivity index is 1.58. The Bertz CT molecular complexity index is 847. The van der Waals surface area contributed by atoms with Crippen LogP contribution in [0.15, 0.2) is 83.3 Å². The molecule has 0 amide bonds. The number of benzene rings is 3. The Labute approximate surface area is 160 Å². The van der Waals surface area contributed by atoms with Gasteiger partial charge in [0.25, 0.3) is 0 Å². The number of ether oxygens (including phenoxy) is 3. The van der Waals surface area contributed by atoms with E-state index in [0.717, 1.165) is 10.2 Å². The third-order valence-corrected chi connectivity index (χ3v) is 4.01. The Kier molecular flexibility index (Phi) is 6.28. The number of halogens is 1. The van der Waals surface area contributed by atoms with E-state index in [-0.39, 0.29) is 0 Å². The van der Waals surface area contributed by atoms with Gasteiger partial charge >= 0.3 is 5.97 Å². The number of hydrogen-bond acceptors (Lipinski definition) is 4. The van der Waals surface area contributed by atoms with E-state index in [1.165, 1.54) is 0 Å². The third-order valence-electron chi connectivity index (χ3n) is 3.48. The molecule has 0 N–H and O–H groups in total. The van der Waals surface area contributed by atoms with Crippen LogP contribution in [-0.4, -0.2) is 19.2 Å². The molecule has 0 heterocycles. The van der Waals surface area contributed by atoms with E-state index < -0.39 is 5.97 Å². The fraction of sp³-hybridized carbons (Fsp3) is 0.0952. The highest BCUT2D eigenvalue weighted by atomic mass is 79.9. The molecule has 0 atom stereocenters. The van der Waals surface area contributed by atoms with Gasteiger partial charge in [0.1, 0.15) is 36.0 Å². The van der Waals surface area contributed by atoms with Crippen molar-refractivity contribution in [1.29, 1.82) is 0 Å². The Morgan fingerprint density at radius 1 is 0.731 bits per heavy atom. The van der Waals surface area contributed by atoms with Crippen LogP contribution in [0.4, 0.5) is 0 Å². The van der Waals surface area contributed by atoms with Crippen LogP contribution >= 0.6 is 15.9 Å². The van der Waals surface area contributed by atoms with Crippen molar-refractivity contribution in [3.05, 3.63) is 88.9 Å². The van der Waals surface area contributed by atoms with Gasteiger partial charge in [-0.3, -0.25) is 0 Å². The highest BCUT2D eigenvalue weighted by Gasteiger charge is 2.14. The summed E-state index contributed by atoms with van der Waals surface area (Å²) in [6, 6.07) is 23.6. The van der Waals surface area contributed by atoms with Crippen molar-refractivity contribution in [2.45, 2.75) is 0 Å². The first kappa shape index (κ1) is 18.0. The lowest BCUT2D eigenvalue weighted by atomic mass is 10.2. The van der Waals surface area contributed by atoms with E-state index in [1.54, 1.807) is 30.3 Å². The van der Waals surface area contributed by atoms with Gasteiger partial charge in [-0.15, -0.1) is 0 Å². The minimum atomic E-state index is -0.466. The molecule has 0 aliphatic heterocycles. The summed E-state index contributed by atoms with van der Waals surface area (Å²) in [6.45, 7) is 0.692. The molecule has 4 nitrogen and oxygen atoms in total. The van der Waals surface area contributed by atoms with Gasteiger partial charge < -0.3 is 14.2 Å². The quantitative estimate of drug-likeness (QED) is 0.306. The lowest BCUT2D eigenvalue weighted by Gasteiger charge is -2.12. The van der Waals surface area contributed by atoms with E-state index in [9.17, 15) is 4.79 Å². The summed E-state index contributed by atoms with van der Waals surface area (Å²) in [5.41, 5.74) is 0.370. The first-order valence-electron chi connectivity index (χ1n) is 8.10. The minimum absolute atomic E-state index is 0.317. The molecule has 0 unspecified atom stereocenters. The standard InChI is InChI=1S/C21H17BrO4/c22-16-10-12-18(13-11-16)26-21(23)19-8-4-5-9-20(19)25-15-14-24-17-6-2-1-3-7-17/h1-13H,14-15H2. The molecule has 0 saturated carbocycles. The van der Waals surface area contributed by atoms with Crippen molar-refractivity contribution >= 4 is 21.9 Å². The average Bonchev–Trinajstić information content (AvgIpc) is 2.68. The molecular formula is C21H17BrO4. The smallest absolute Gasteiger partial charge is 0.347 e. The fourth-order valence-electron chi connectivity index (χ4n) is 2.25. The minimum Gasteiger partial charge on any atom is -0.490 e. The second kappa shape index (κ2) is 9.06. The van der Waals surface area contributed by atoms with Crippen LogP contribution in [0.1, 0.15) is 10.4 Å². The highest BCUT2D eigenvalue weighted by molar-refractivity contribution is 9.10. The highest BCUT2D eigenvalue weighted by Crippen LogP contribution is 2.22. The van der Waals surface area contributed by atoms with E-state index in [4.69, 9.17) is 14.2 Å². The van der Waals surface area contributed by atoms with Crippen LogP contribution in [0.3, 0.4) is 0 Å².